The molecule has 96 valence electrons. The van der Waals surface area contributed by atoms with Crippen LogP contribution in [0.4, 0.5) is 5.69 Å². The van der Waals surface area contributed by atoms with E-state index in [1.807, 2.05) is 18.3 Å². The molecule has 1 N–H and O–H groups in total. The SMILES string of the molecule is CC(C)CC(C)CNc1cnc2ccccc2c1. The summed E-state index contributed by atoms with van der Waals surface area (Å²) in [5.41, 5.74) is 2.17. The summed E-state index contributed by atoms with van der Waals surface area (Å²) in [4.78, 5) is 4.46. The van der Waals surface area contributed by atoms with Gasteiger partial charge in [-0.15, -0.1) is 0 Å². The number of rotatable bonds is 5. The van der Waals surface area contributed by atoms with Crippen LogP contribution in [0.5, 0.6) is 0 Å². The maximum Gasteiger partial charge on any atom is 0.0703 e. The van der Waals surface area contributed by atoms with Gasteiger partial charge in [0.15, 0.2) is 0 Å². The third-order valence-corrected chi connectivity index (χ3v) is 3.12. The van der Waals surface area contributed by atoms with E-state index < -0.39 is 0 Å². The van der Waals surface area contributed by atoms with Crippen LogP contribution < -0.4 is 5.32 Å². The molecule has 1 unspecified atom stereocenters. The van der Waals surface area contributed by atoms with Crippen LogP contribution in [0.1, 0.15) is 27.2 Å². The van der Waals surface area contributed by atoms with Crippen LogP contribution >= 0.6 is 0 Å². The minimum atomic E-state index is 0.691. The van der Waals surface area contributed by atoms with Gasteiger partial charge in [-0.05, 0) is 30.4 Å². The van der Waals surface area contributed by atoms with E-state index >= 15 is 0 Å². The van der Waals surface area contributed by atoms with E-state index in [1.165, 1.54) is 11.8 Å². The number of pyridine rings is 1. The molecule has 1 heterocycles. The molecule has 2 aromatic rings. The Balaban J connectivity index is 1.99. The minimum Gasteiger partial charge on any atom is -0.384 e. The zero-order valence-corrected chi connectivity index (χ0v) is 11.5. The Kier molecular flexibility index (Phi) is 4.19. The second kappa shape index (κ2) is 5.85. The highest BCUT2D eigenvalue weighted by atomic mass is 14.9. The molecule has 0 fully saturated rings. The quantitative estimate of drug-likeness (QED) is 0.844. The van der Waals surface area contributed by atoms with Gasteiger partial charge in [0.25, 0.3) is 0 Å². The standard InChI is InChI=1S/C16H22N2/c1-12(2)8-13(3)10-17-15-9-14-6-4-5-7-16(14)18-11-15/h4-7,9,11-13,17H,8,10H2,1-3H3. The number of nitrogens with zero attached hydrogens (tertiary/aromatic N) is 1. The number of para-hydroxylation sites is 1. The van der Waals surface area contributed by atoms with Gasteiger partial charge in [0, 0.05) is 11.9 Å². The molecule has 0 aliphatic rings. The maximum absolute atomic E-state index is 4.46. The Morgan fingerprint density at radius 3 is 2.72 bits per heavy atom. The van der Waals surface area contributed by atoms with Gasteiger partial charge in [-0.1, -0.05) is 39.0 Å². The fourth-order valence-corrected chi connectivity index (χ4v) is 2.35. The highest BCUT2D eigenvalue weighted by Gasteiger charge is 2.05. The first-order valence-corrected chi connectivity index (χ1v) is 6.74. The number of aromatic nitrogens is 1. The van der Waals surface area contributed by atoms with Gasteiger partial charge >= 0.3 is 0 Å². The Labute approximate surface area is 109 Å². The lowest BCUT2D eigenvalue weighted by molar-refractivity contribution is 0.455. The summed E-state index contributed by atoms with van der Waals surface area (Å²) in [5, 5.41) is 4.67. The highest BCUT2D eigenvalue weighted by molar-refractivity contribution is 5.81. The number of benzene rings is 1. The van der Waals surface area contributed by atoms with E-state index in [2.05, 4.69) is 49.3 Å². The van der Waals surface area contributed by atoms with Crippen molar-refractivity contribution >= 4 is 16.6 Å². The van der Waals surface area contributed by atoms with Gasteiger partial charge in [-0.2, -0.15) is 0 Å². The monoisotopic (exact) mass is 242 g/mol. The van der Waals surface area contributed by atoms with Crippen molar-refractivity contribution in [3.05, 3.63) is 36.5 Å². The molecule has 0 aliphatic carbocycles. The summed E-state index contributed by atoms with van der Waals surface area (Å²) >= 11 is 0. The van der Waals surface area contributed by atoms with E-state index in [-0.39, 0.29) is 0 Å². The summed E-state index contributed by atoms with van der Waals surface area (Å²) in [7, 11) is 0. The molecule has 1 aromatic carbocycles. The molecular formula is C16H22N2. The molecule has 0 saturated carbocycles. The lowest BCUT2D eigenvalue weighted by Crippen LogP contribution is -2.13. The molecule has 0 spiro atoms. The first-order chi connectivity index (χ1) is 8.65. The van der Waals surface area contributed by atoms with Gasteiger partial charge in [0.05, 0.1) is 17.4 Å². The number of nitrogens with one attached hydrogen (secondary N) is 1. The average Bonchev–Trinajstić information content (AvgIpc) is 2.35. The molecule has 0 bridgehead atoms. The van der Waals surface area contributed by atoms with Crippen LogP contribution in [0.15, 0.2) is 36.5 Å². The maximum atomic E-state index is 4.46. The van der Waals surface area contributed by atoms with Gasteiger partial charge in [-0.25, -0.2) is 0 Å². The fourth-order valence-electron chi connectivity index (χ4n) is 2.35. The van der Waals surface area contributed by atoms with Crippen LogP contribution in [0.3, 0.4) is 0 Å². The lowest BCUT2D eigenvalue weighted by Gasteiger charge is -2.15. The second-order valence-corrected chi connectivity index (χ2v) is 5.53. The lowest BCUT2D eigenvalue weighted by atomic mass is 9.99. The van der Waals surface area contributed by atoms with E-state index in [0.29, 0.717) is 5.92 Å². The highest BCUT2D eigenvalue weighted by Crippen LogP contribution is 2.17. The van der Waals surface area contributed by atoms with E-state index in [1.54, 1.807) is 0 Å². The summed E-state index contributed by atoms with van der Waals surface area (Å²) in [6.07, 6.45) is 3.18. The van der Waals surface area contributed by atoms with Crippen molar-refractivity contribution in [2.75, 3.05) is 11.9 Å². The Morgan fingerprint density at radius 2 is 1.94 bits per heavy atom. The van der Waals surface area contributed by atoms with Gasteiger partial charge < -0.3 is 5.32 Å². The first-order valence-electron chi connectivity index (χ1n) is 6.74. The molecule has 0 amide bonds. The normalized spacial score (nSPS) is 12.9. The van der Waals surface area contributed by atoms with Crippen LogP contribution in [0.2, 0.25) is 0 Å². The van der Waals surface area contributed by atoms with Crippen molar-refractivity contribution in [3.8, 4) is 0 Å². The number of fused-ring (bicyclic) bond motifs is 1. The van der Waals surface area contributed by atoms with Crippen molar-refractivity contribution < 1.29 is 0 Å². The average molecular weight is 242 g/mol. The predicted octanol–water partition coefficient (Wildman–Crippen LogP) is 4.33. The summed E-state index contributed by atoms with van der Waals surface area (Å²) in [6.45, 7) is 7.85. The predicted molar refractivity (Wildman–Crippen MR) is 78.9 cm³/mol. The molecule has 2 nitrogen and oxygen atoms in total. The minimum absolute atomic E-state index is 0.691. The Bertz CT molecular complexity index is 505. The van der Waals surface area contributed by atoms with Crippen molar-refractivity contribution in [2.24, 2.45) is 11.8 Å². The van der Waals surface area contributed by atoms with Crippen molar-refractivity contribution in [3.63, 3.8) is 0 Å². The van der Waals surface area contributed by atoms with Crippen molar-refractivity contribution in [2.45, 2.75) is 27.2 Å². The Hall–Kier alpha value is -1.57. The zero-order valence-electron chi connectivity index (χ0n) is 11.5. The molecule has 0 radical (unpaired) electrons. The van der Waals surface area contributed by atoms with E-state index in [9.17, 15) is 0 Å². The van der Waals surface area contributed by atoms with Gasteiger partial charge in [0.1, 0.15) is 0 Å². The molecule has 0 aliphatic heterocycles. The summed E-state index contributed by atoms with van der Waals surface area (Å²) in [5.74, 6) is 1.45. The van der Waals surface area contributed by atoms with Gasteiger partial charge in [0.2, 0.25) is 0 Å². The summed E-state index contributed by atoms with van der Waals surface area (Å²) < 4.78 is 0. The Morgan fingerprint density at radius 1 is 1.17 bits per heavy atom. The third kappa shape index (κ3) is 3.46. The largest absolute Gasteiger partial charge is 0.384 e. The molecule has 1 atom stereocenters. The van der Waals surface area contributed by atoms with Crippen LogP contribution in [-0.2, 0) is 0 Å². The van der Waals surface area contributed by atoms with Crippen LogP contribution in [0, 0.1) is 11.8 Å². The van der Waals surface area contributed by atoms with Crippen molar-refractivity contribution in [1.29, 1.82) is 0 Å². The van der Waals surface area contributed by atoms with Crippen molar-refractivity contribution in [1.82, 2.24) is 4.98 Å². The fraction of sp³-hybridized carbons (Fsp3) is 0.438. The van der Waals surface area contributed by atoms with Gasteiger partial charge in [-0.3, -0.25) is 4.98 Å². The number of hydrogen-bond donors (Lipinski definition) is 1. The number of anilines is 1. The topological polar surface area (TPSA) is 24.9 Å². The molecule has 2 rings (SSSR count). The molecular weight excluding hydrogens is 220 g/mol. The summed E-state index contributed by atoms with van der Waals surface area (Å²) in [6, 6.07) is 10.4. The molecule has 1 aromatic heterocycles. The third-order valence-electron chi connectivity index (χ3n) is 3.12. The van der Waals surface area contributed by atoms with E-state index in [4.69, 9.17) is 0 Å². The zero-order chi connectivity index (χ0) is 13.0. The smallest absolute Gasteiger partial charge is 0.0703 e. The first kappa shape index (κ1) is 12.9. The molecule has 18 heavy (non-hydrogen) atoms. The van der Waals surface area contributed by atoms with E-state index in [0.717, 1.165) is 23.7 Å². The molecule has 0 saturated heterocycles. The molecule has 2 heteroatoms. The van der Waals surface area contributed by atoms with Crippen LogP contribution in [-0.4, -0.2) is 11.5 Å². The van der Waals surface area contributed by atoms with Crippen LogP contribution in [0.25, 0.3) is 10.9 Å². The number of hydrogen-bond acceptors (Lipinski definition) is 2. The second-order valence-electron chi connectivity index (χ2n) is 5.53.